The summed E-state index contributed by atoms with van der Waals surface area (Å²) in [6.45, 7) is 6.52. The van der Waals surface area contributed by atoms with Gasteiger partial charge in [0, 0.05) is 32.0 Å². The minimum Gasteiger partial charge on any atom is -0.356 e. The predicted octanol–water partition coefficient (Wildman–Crippen LogP) is 1.86. The van der Waals surface area contributed by atoms with E-state index in [9.17, 15) is 9.59 Å². The highest BCUT2D eigenvalue weighted by Gasteiger charge is 2.27. The second-order valence-electron chi connectivity index (χ2n) is 5.81. The van der Waals surface area contributed by atoms with Crippen LogP contribution in [0.25, 0.3) is 0 Å². The summed E-state index contributed by atoms with van der Waals surface area (Å²) < 4.78 is 0. The van der Waals surface area contributed by atoms with E-state index in [1.165, 1.54) is 11.1 Å². The molecular weight excluding hydrogens is 240 g/mol. The molecule has 2 aliphatic heterocycles. The van der Waals surface area contributed by atoms with Crippen LogP contribution in [0.5, 0.6) is 0 Å². The van der Waals surface area contributed by atoms with E-state index in [-0.39, 0.29) is 17.7 Å². The van der Waals surface area contributed by atoms with E-state index in [4.69, 9.17) is 0 Å². The summed E-state index contributed by atoms with van der Waals surface area (Å²) in [4.78, 5) is 26.1. The summed E-state index contributed by atoms with van der Waals surface area (Å²) in [5.41, 5.74) is 2.70. The maximum absolute atomic E-state index is 12.3. The van der Waals surface area contributed by atoms with Gasteiger partial charge in [0.1, 0.15) is 0 Å². The third kappa shape index (κ3) is 3.58. The van der Waals surface area contributed by atoms with Crippen molar-refractivity contribution in [2.75, 3.05) is 19.6 Å². The van der Waals surface area contributed by atoms with Crippen LogP contribution in [0.3, 0.4) is 0 Å². The molecule has 1 fully saturated rings. The van der Waals surface area contributed by atoms with Crippen LogP contribution in [0.4, 0.5) is 0 Å². The first-order valence-electron chi connectivity index (χ1n) is 7.28. The number of carbonyl (C=O) groups is 2. The molecule has 19 heavy (non-hydrogen) atoms. The maximum atomic E-state index is 12.3. The van der Waals surface area contributed by atoms with Crippen LogP contribution in [-0.2, 0) is 9.59 Å². The predicted molar refractivity (Wildman–Crippen MR) is 74.5 cm³/mol. The van der Waals surface area contributed by atoms with Gasteiger partial charge in [0.25, 0.3) is 0 Å². The Morgan fingerprint density at radius 3 is 2.84 bits per heavy atom. The number of hydrogen-bond donors (Lipinski definition) is 1. The Morgan fingerprint density at radius 1 is 1.32 bits per heavy atom. The Kier molecular flexibility index (Phi) is 4.61. The van der Waals surface area contributed by atoms with E-state index in [2.05, 4.69) is 19.2 Å². The van der Waals surface area contributed by atoms with Crippen LogP contribution >= 0.6 is 0 Å². The molecule has 2 aliphatic rings. The van der Waals surface area contributed by atoms with Crippen LogP contribution in [0, 0.1) is 5.92 Å². The summed E-state index contributed by atoms with van der Waals surface area (Å²) in [6.07, 6.45) is 4.25. The molecule has 1 saturated heterocycles. The highest BCUT2D eigenvalue weighted by molar-refractivity contribution is 5.86. The lowest BCUT2D eigenvalue weighted by molar-refractivity contribution is -0.136. The summed E-state index contributed by atoms with van der Waals surface area (Å²) >= 11 is 0. The molecule has 2 heterocycles. The van der Waals surface area contributed by atoms with Gasteiger partial charge in [0.15, 0.2) is 0 Å². The molecule has 1 N–H and O–H groups in total. The molecule has 0 aromatic carbocycles. The minimum atomic E-state index is -0.123. The van der Waals surface area contributed by atoms with Crippen LogP contribution in [0.2, 0.25) is 0 Å². The van der Waals surface area contributed by atoms with Crippen molar-refractivity contribution >= 4 is 11.8 Å². The summed E-state index contributed by atoms with van der Waals surface area (Å²) in [6, 6.07) is 0. The van der Waals surface area contributed by atoms with E-state index in [1.807, 2.05) is 4.90 Å². The Balaban J connectivity index is 1.92. The van der Waals surface area contributed by atoms with Gasteiger partial charge in [-0.05, 0) is 33.1 Å². The van der Waals surface area contributed by atoms with Gasteiger partial charge < -0.3 is 10.2 Å². The fourth-order valence-electron chi connectivity index (χ4n) is 2.77. The molecule has 0 spiro atoms. The molecule has 4 heteroatoms. The average molecular weight is 264 g/mol. The van der Waals surface area contributed by atoms with Crippen molar-refractivity contribution in [1.29, 1.82) is 0 Å². The molecule has 1 unspecified atom stereocenters. The zero-order valence-electron chi connectivity index (χ0n) is 12.0. The van der Waals surface area contributed by atoms with Crippen molar-refractivity contribution in [3.8, 4) is 0 Å². The first-order valence-corrected chi connectivity index (χ1v) is 7.28. The molecule has 106 valence electrons. The van der Waals surface area contributed by atoms with Crippen LogP contribution in [-0.4, -0.2) is 36.3 Å². The first kappa shape index (κ1) is 14.1. The summed E-state index contributed by atoms with van der Waals surface area (Å²) in [5.74, 6) is 0.0718. The minimum absolute atomic E-state index is 0.0614. The van der Waals surface area contributed by atoms with Crippen LogP contribution < -0.4 is 5.32 Å². The normalized spacial score (nSPS) is 25.1. The average Bonchev–Trinajstić information content (AvgIpc) is 2.58. The third-order valence-corrected chi connectivity index (χ3v) is 4.34. The monoisotopic (exact) mass is 264 g/mol. The van der Waals surface area contributed by atoms with Gasteiger partial charge >= 0.3 is 0 Å². The number of nitrogens with zero attached hydrogens (tertiary/aromatic N) is 1. The zero-order chi connectivity index (χ0) is 13.8. The SMILES string of the molecule is CC1=C(C)CN(C(=O)CC2CCCCNC2=O)CC1. The lowest BCUT2D eigenvalue weighted by Gasteiger charge is -2.29. The standard InChI is InChI=1S/C15H24N2O2/c1-11-6-8-17(10-12(11)2)14(18)9-13-5-3-4-7-16-15(13)19/h13H,3-10H2,1-2H3,(H,16,19). The molecule has 4 nitrogen and oxygen atoms in total. The second kappa shape index (κ2) is 6.22. The fraction of sp³-hybridized carbons (Fsp3) is 0.733. The van der Waals surface area contributed by atoms with Crippen molar-refractivity contribution in [2.45, 2.75) is 46.0 Å². The lowest BCUT2D eigenvalue weighted by atomic mass is 9.96. The maximum Gasteiger partial charge on any atom is 0.223 e. The van der Waals surface area contributed by atoms with Gasteiger partial charge in [0.2, 0.25) is 11.8 Å². The molecule has 0 aliphatic carbocycles. The van der Waals surface area contributed by atoms with E-state index in [0.29, 0.717) is 6.42 Å². The van der Waals surface area contributed by atoms with Crippen molar-refractivity contribution in [3.05, 3.63) is 11.1 Å². The smallest absolute Gasteiger partial charge is 0.223 e. The number of rotatable bonds is 2. The first-order chi connectivity index (χ1) is 9.08. The number of nitrogens with one attached hydrogen (secondary N) is 1. The van der Waals surface area contributed by atoms with E-state index in [1.54, 1.807) is 0 Å². The molecule has 0 radical (unpaired) electrons. The molecule has 0 aromatic rings. The van der Waals surface area contributed by atoms with E-state index in [0.717, 1.165) is 45.3 Å². The molecule has 2 amide bonds. The van der Waals surface area contributed by atoms with Gasteiger partial charge in [-0.1, -0.05) is 17.6 Å². The Bertz CT molecular complexity index is 401. The number of amides is 2. The Hall–Kier alpha value is -1.32. The molecule has 2 rings (SSSR count). The number of hydrogen-bond acceptors (Lipinski definition) is 2. The van der Waals surface area contributed by atoms with E-state index < -0.39 is 0 Å². The summed E-state index contributed by atoms with van der Waals surface area (Å²) in [7, 11) is 0. The highest BCUT2D eigenvalue weighted by atomic mass is 16.2. The lowest BCUT2D eigenvalue weighted by Crippen LogP contribution is -2.39. The third-order valence-electron chi connectivity index (χ3n) is 4.34. The Morgan fingerprint density at radius 2 is 2.11 bits per heavy atom. The molecule has 1 atom stereocenters. The van der Waals surface area contributed by atoms with Gasteiger partial charge in [-0.25, -0.2) is 0 Å². The van der Waals surface area contributed by atoms with Crippen LogP contribution in [0.15, 0.2) is 11.1 Å². The van der Waals surface area contributed by atoms with Gasteiger partial charge in [-0.3, -0.25) is 9.59 Å². The zero-order valence-corrected chi connectivity index (χ0v) is 12.0. The second-order valence-corrected chi connectivity index (χ2v) is 5.81. The quantitative estimate of drug-likeness (QED) is 0.774. The molecule has 0 saturated carbocycles. The summed E-state index contributed by atoms with van der Waals surface area (Å²) in [5, 5.41) is 2.90. The van der Waals surface area contributed by atoms with Gasteiger partial charge in [-0.2, -0.15) is 0 Å². The van der Waals surface area contributed by atoms with Gasteiger partial charge in [0.05, 0.1) is 0 Å². The van der Waals surface area contributed by atoms with Crippen LogP contribution in [0.1, 0.15) is 46.0 Å². The molecular formula is C15H24N2O2. The molecule has 0 bridgehead atoms. The van der Waals surface area contributed by atoms with E-state index >= 15 is 0 Å². The highest BCUT2D eigenvalue weighted by Crippen LogP contribution is 2.21. The fourth-order valence-corrected chi connectivity index (χ4v) is 2.77. The van der Waals surface area contributed by atoms with Crippen molar-refractivity contribution < 1.29 is 9.59 Å². The number of carbonyl (C=O) groups excluding carboxylic acids is 2. The van der Waals surface area contributed by atoms with Gasteiger partial charge in [-0.15, -0.1) is 0 Å². The Labute approximate surface area is 115 Å². The largest absolute Gasteiger partial charge is 0.356 e. The van der Waals surface area contributed by atoms with Crippen molar-refractivity contribution in [2.24, 2.45) is 5.92 Å². The van der Waals surface area contributed by atoms with Crippen molar-refractivity contribution in [1.82, 2.24) is 10.2 Å². The molecule has 0 aromatic heterocycles. The topological polar surface area (TPSA) is 49.4 Å². The van der Waals surface area contributed by atoms with Crippen molar-refractivity contribution in [3.63, 3.8) is 0 Å².